The van der Waals surface area contributed by atoms with Crippen LogP contribution in [0.3, 0.4) is 0 Å². The Kier molecular flexibility index (Phi) is 7.71. The number of esters is 1. The molecule has 28 heavy (non-hydrogen) atoms. The van der Waals surface area contributed by atoms with Crippen molar-refractivity contribution in [1.82, 2.24) is 0 Å². The van der Waals surface area contributed by atoms with Crippen molar-refractivity contribution in [1.29, 1.82) is 0 Å². The van der Waals surface area contributed by atoms with E-state index in [2.05, 4.69) is 22.3 Å². The molecule has 3 rings (SSSR count). The lowest BCUT2D eigenvalue weighted by Crippen LogP contribution is -3.14. The zero-order valence-corrected chi connectivity index (χ0v) is 17.0. The summed E-state index contributed by atoms with van der Waals surface area (Å²) in [5.41, 5.74) is 2.07. The van der Waals surface area contributed by atoms with Crippen LogP contribution in [0.4, 0.5) is 11.4 Å². The molecule has 2 aliphatic heterocycles. The topological polar surface area (TPSA) is 63.1 Å². The highest BCUT2D eigenvalue weighted by molar-refractivity contribution is 5.91. The molecule has 0 aliphatic carbocycles. The van der Waals surface area contributed by atoms with Gasteiger partial charge in [-0.1, -0.05) is 12.8 Å². The highest BCUT2D eigenvalue weighted by Crippen LogP contribution is 2.21. The number of rotatable bonds is 6. The summed E-state index contributed by atoms with van der Waals surface area (Å²) < 4.78 is 5.14. The molecule has 2 N–H and O–H groups in total. The van der Waals surface area contributed by atoms with Crippen molar-refractivity contribution in [2.45, 2.75) is 45.4 Å². The van der Waals surface area contributed by atoms with Crippen molar-refractivity contribution in [2.24, 2.45) is 5.92 Å². The first-order chi connectivity index (χ1) is 13.7. The Morgan fingerprint density at radius 1 is 1.11 bits per heavy atom. The lowest BCUT2D eigenvalue weighted by Gasteiger charge is -2.28. The molecule has 0 bridgehead atoms. The number of ether oxygens (including phenoxy) is 1. The summed E-state index contributed by atoms with van der Waals surface area (Å²) >= 11 is 0. The SMILES string of the molecule is CCOC(=O)[C@H]1CCC[NH+](CC(=O)Nc2ccc(N3CCCCCC3)cc2)C1. The summed E-state index contributed by atoms with van der Waals surface area (Å²) in [7, 11) is 0. The van der Waals surface area contributed by atoms with E-state index in [1.54, 1.807) is 0 Å². The van der Waals surface area contributed by atoms with E-state index in [0.29, 0.717) is 19.7 Å². The minimum Gasteiger partial charge on any atom is -0.466 e. The van der Waals surface area contributed by atoms with E-state index in [4.69, 9.17) is 4.74 Å². The van der Waals surface area contributed by atoms with E-state index in [1.807, 2.05) is 19.1 Å². The van der Waals surface area contributed by atoms with Crippen molar-refractivity contribution < 1.29 is 19.2 Å². The second kappa shape index (κ2) is 10.5. The average molecular weight is 389 g/mol. The van der Waals surface area contributed by atoms with Gasteiger partial charge in [-0.05, 0) is 56.9 Å². The molecule has 2 aliphatic rings. The predicted octanol–water partition coefficient (Wildman–Crippen LogP) is 1.86. The van der Waals surface area contributed by atoms with Gasteiger partial charge < -0.3 is 19.9 Å². The number of nitrogens with one attached hydrogen (secondary N) is 2. The van der Waals surface area contributed by atoms with Crippen molar-refractivity contribution >= 4 is 23.3 Å². The van der Waals surface area contributed by atoms with Crippen LogP contribution in [-0.2, 0) is 14.3 Å². The quantitative estimate of drug-likeness (QED) is 0.731. The van der Waals surface area contributed by atoms with Gasteiger partial charge in [0.05, 0.1) is 19.7 Å². The van der Waals surface area contributed by atoms with Crippen LogP contribution < -0.4 is 15.1 Å². The summed E-state index contributed by atoms with van der Waals surface area (Å²) in [5, 5.41) is 3.01. The Labute approximate surface area is 168 Å². The molecule has 0 radical (unpaired) electrons. The number of likely N-dealkylation sites (tertiary alicyclic amines) is 1. The highest BCUT2D eigenvalue weighted by atomic mass is 16.5. The molecule has 1 aromatic carbocycles. The monoisotopic (exact) mass is 388 g/mol. The maximum absolute atomic E-state index is 12.5. The van der Waals surface area contributed by atoms with Gasteiger partial charge in [-0.15, -0.1) is 0 Å². The fourth-order valence-corrected chi connectivity index (χ4v) is 4.29. The number of carbonyl (C=O) groups is 2. The molecule has 0 saturated carbocycles. The van der Waals surface area contributed by atoms with Crippen LogP contribution in [0.5, 0.6) is 0 Å². The van der Waals surface area contributed by atoms with Gasteiger partial charge in [0, 0.05) is 24.5 Å². The summed E-state index contributed by atoms with van der Waals surface area (Å²) in [4.78, 5) is 28.0. The van der Waals surface area contributed by atoms with Crippen LogP contribution in [0, 0.1) is 5.92 Å². The molecular weight excluding hydrogens is 354 g/mol. The molecule has 2 fully saturated rings. The van der Waals surface area contributed by atoms with Crippen LogP contribution in [0.25, 0.3) is 0 Å². The molecule has 0 spiro atoms. The summed E-state index contributed by atoms with van der Waals surface area (Å²) in [5.74, 6) is -0.198. The normalized spacial score (nSPS) is 23.0. The van der Waals surface area contributed by atoms with E-state index in [9.17, 15) is 9.59 Å². The number of amides is 1. The number of piperidine rings is 1. The number of anilines is 2. The molecule has 2 heterocycles. The zero-order valence-electron chi connectivity index (χ0n) is 17.0. The molecule has 6 heteroatoms. The van der Waals surface area contributed by atoms with Crippen LogP contribution in [0.2, 0.25) is 0 Å². The summed E-state index contributed by atoms with van der Waals surface area (Å²) in [6.07, 6.45) is 6.97. The maximum atomic E-state index is 12.5. The third-order valence-corrected chi connectivity index (χ3v) is 5.77. The minimum absolute atomic E-state index is 0.00188. The second-order valence-electron chi connectivity index (χ2n) is 7.97. The number of hydrogen-bond donors (Lipinski definition) is 2. The number of nitrogens with zero attached hydrogens (tertiary/aromatic N) is 1. The molecule has 2 saturated heterocycles. The molecule has 154 valence electrons. The lowest BCUT2D eigenvalue weighted by atomic mass is 9.98. The Bertz CT molecular complexity index is 639. The zero-order chi connectivity index (χ0) is 19.8. The van der Waals surface area contributed by atoms with Gasteiger partial charge in [-0.2, -0.15) is 0 Å². The molecule has 0 aromatic heterocycles. The number of quaternary nitrogens is 1. The van der Waals surface area contributed by atoms with Gasteiger partial charge in [0.2, 0.25) is 0 Å². The van der Waals surface area contributed by atoms with E-state index >= 15 is 0 Å². The third kappa shape index (κ3) is 5.96. The van der Waals surface area contributed by atoms with Crippen molar-refractivity contribution in [2.75, 3.05) is 49.5 Å². The Morgan fingerprint density at radius 3 is 2.50 bits per heavy atom. The first-order valence-corrected chi connectivity index (χ1v) is 10.8. The molecule has 1 aromatic rings. The fraction of sp³-hybridized carbons (Fsp3) is 0.636. The van der Waals surface area contributed by atoms with Crippen LogP contribution in [0.1, 0.15) is 45.4 Å². The largest absolute Gasteiger partial charge is 0.466 e. The van der Waals surface area contributed by atoms with Crippen molar-refractivity contribution in [3.63, 3.8) is 0 Å². The van der Waals surface area contributed by atoms with Crippen molar-refractivity contribution in [3.8, 4) is 0 Å². The second-order valence-corrected chi connectivity index (χ2v) is 7.97. The van der Waals surface area contributed by atoms with Crippen molar-refractivity contribution in [3.05, 3.63) is 24.3 Å². The number of benzene rings is 1. The number of hydrogen-bond acceptors (Lipinski definition) is 4. The maximum Gasteiger partial charge on any atom is 0.314 e. The van der Waals surface area contributed by atoms with Crippen LogP contribution >= 0.6 is 0 Å². The molecule has 1 amide bonds. The standard InChI is InChI=1S/C22H33N3O3/c1-2-28-22(27)18-8-7-13-24(16-18)17-21(26)23-19-9-11-20(12-10-19)25-14-5-3-4-6-15-25/h9-12,18H,2-8,13-17H2,1H3,(H,23,26)/p+1/t18-/m0/s1. The van der Waals surface area contributed by atoms with E-state index in [-0.39, 0.29) is 17.8 Å². The molecule has 2 atom stereocenters. The Morgan fingerprint density at radius 2 is 1.82 bits per heavy atom. The van der Waals surface area contributed by atoms with Gasteiger partial charge in [-0.3, -0.25) is 9.59 Å². The lowest BCUT2D eigenvalue weighted by molar-refractivity contribution is -0.899. The van der Waals surface area contributed by atoms with Gasteiger partial charge >= 0.3 is 5.97 Å². The van der Waals surface area contributed by atoms with E-state index in [1.165, 1.54) is 31.4 Å². The molecular formula is C22H34N3O3+. The predicted molar refractivity (Wildman–Crippen MR) is 111 cm³/mol. The average Bonchev–Trinajstić information content (AvgIpc) is 2.98. The van der Waals surface area contributed by atoms with E-state index in [0.717, 1.165) is 43.1 Å². The summed E-state index contributed by atoms with van der Waals surface area (Å²) in [6.45, 7) is 6.48. The minimum atomic E-state index is -0.121. The Balaban J connectivity index is 1.48. The van der Waals surface area contributed by atoms with Gasteiger partial charge in [0.1, 0.15) is 5.92 Å². The summed E-state index contributed by atoms with van der Waals surface area (Å²) in [6, 6.07) is 8.19. The van der Waals surface area contributed by atoms with Gasteiger partial charge in [-0.25, -0.2) is 0 Å². The van der Waals surface area contributed by atoms with Crippen LogP contribution in [-0.4, -0.2) is 51.2 Å². The number of carbonyl (C=O) groups excluding carboxylic acids is 2. The highest BCUT2D eigenvalue weighted by Gasteiger charge is 2.30. The third-order valence-electron chi connectivity index (χ3n) is 5.77. The van der Waals surface area contributed by atoms with Gasteiger partial charge in [0.15, 0.2) is 6.54 Å². The first-order valence-electron chi connectivity index (χ1n) is 10.8. The first kappa shape index (κ1) is 20.6. The Hall–Kier alpha value is -2.08. The van der Waals surface area contributed by atoms with E-state index < -0.39 is 0 Å². The van der Waals surface area contributed by atoms with Gasteiger partial charge in [0.25, 0.3) is 5.91 Å². The van der Waals surface area contributed by atoms with Crippen LogP contribution in [0.15, 0.2) is 24.3 Å². The smallest absolute Gasteiger partial charge is 0.314 e. The molecule has 6 nitrogen and oxygen atoms in total. The fourth-order valence-electron chi connectivity index (χ4n) is 4.29. The molecule has 1 unspecified atom stereocenters.